The molecular weight excluding hydrogens is 114 g/mol. The van der Waals surface area contributed by atoms with Crippen molar-refractivity contribution in [3.63, 3.8) is 0 Å². The van der Waals surface area contributed by atoms with E-state index in [1.54, 1.807) is 7.11 Å². The molecule has 2 atom stereocenters. The van der Waals surface area contributed by atoms with Gasteiger partial charge in [-0.05, 0) is 26.3 Å². The zero-order chi connectivity index (χ0) is 6.69. The van der Waals surface area contributed by atoms with Crippen molar-refractivity contribution >= 4 is 0 Å². The summed E-state index contributed by atoms with van der Waals surface area (Å²) in [4.78, 5) is 0. The second kappa shape index (κ2) is 3.18. The van der Waals surface area contributed by atoms with Gasteiger partial charge in [0.25, 0.3) is 0 Å². The van der Waals surface area contributed by atoms with Crippen LogP contribution in [0.5, 0.6) is 0 Å². The van der Waals surface area contributed by atoms with Gasteiger partial charge >= 0.3 is 0 Å². The highest BCUT2D eigenvalue weighted by Crippen LogP contribution is 2.10. The van der Waals surface area contributed by atoms with Crippen molar-refractivity contribution in [1.29, 1.82) is 0 Å². The van der Waals surface area contributed by atoms with Crippen LogP contribution >= 0.6 is 0 Å². The Morgan fingerprint density at radius 1 is 1.56 bits per heavy atom. The average Bonchev–Trinajstić information content (AvgIpc) is 1.88. The van der Waals surface area contributed by atoms with E-state index in [2.05, 4.69) is 12.2 Å². The van der Waals surface area contributed by atoms with E-state index in [0.29, 0.717) is 12.1 Å². The van der Waals surface area contributed by atoms with Crippen LogP contribution in [-0.2, 0) is 4.74 Å². The van der Waals surface area contributed by atoms with Gasteiger partial charge in [-0.15, -0.1) is 0 Å². The van der Waals surface area contributed by atoms with Crippen LogP contribution in [0.4, 0.5) is 0 Å². The summed E-state index contributed by atoms with van der Waals surface area (Å²) in [5, 5.41) is 3.37. The van der Waals surface area contributed by atoms with Gasteiger partial charge < -0.3 is 10.1 Å². The van der Waals surface area contributed by atoms with Crippen LogP contribution in [-0.4, -0.2) is 25.8 Å². The third-order valence-electron chi connectivity index (χ3n) is 1.91. The van der Waals surface area contributed by atoms with Crippen LogP contribution in [0.3, 0.4) is 0 Å². The molecule has 0 aliphatic carbocycles. The molecule has 0 aromatic rings. The smallest absolute Gasteiger partial charge is 0.0598 e. The Morgan fingerprint density at radius 2 is 2.33 bits per heavy atom. The lowest BCUT2D eigenvalue weighted by Crippen LogP contribution is -2.38. The minimum absolute atomic E-state index is 0.501. The van der Waals surface area contributed by atoms with Gasteiger partial charge in [0.2, 0.25) is 0 Å². The van der Waals surface area contributed by atoms with E-state index in [4.69, 9.17) is 4.74 Å². The molecule has 0 bridgehead atoms. The maximum absolute atomic E-state index is 5.22. The molecule has 1 aliphatic rings. The number of methoxy groups -OCH3 is 1. The van der Waals surface area contributed by atoms with Crippen molar-refractivity contribution in [3.05, 3.63) is 0 Å². The van der Waals surface area contributed by atoms with Crippen LogP contribution in [0.2, 0.25) is 0 Å². The predicted molar refractivity (Wildman–Crippen MR) is 37.5 cm³/mol. The number of hydrogen-bond acceptors (Lipinski definition) is 2. The summed E-state index contributed by atoms with van der Waals surface area (Å²) in [6, 6.07) is 0.642. The van der Waals surface area contributed by atoms with Gasteiger partial charge in [-0.25, -0.2) is 0 Å². The molecule has 1 N–H and O–H groups in total. The van der Waals surface area contributed by atoms with E-state index < -0.39 is 0 Å². The SMILES string of the molecule is CO[C@@H]1CCN[C@H](C)C1. The number of hydrogen-bond donors (Lipinski definition) is 1. The minimum Gasteiger partial charge on any atom is -0.381 e. The van der Waals surface area contributed by atoms with Crippen LogP contribution < -0.4 is 5.32 Å². The highest BCUT2D eigenvalue weighted by molar-refractivity contribution is 4.74. The van der Waals surface area contributed by atoms with E-state index in [1.165, 1.54) is 6.42 Å². The Morgan fingerprint density at radius 3 is 2.78 bits per heavy atom. The van der Waals surface area contributed by atoms with Crippen LogP contribution in [0.25, 0.3) is 0 Å². The molecule has 1 rings (SSSR count). The normalized spacial score (nSPS) is 36.7. The molecule has 0 aromatic carbocycles. The van der Waals surface area contributed by atoms with Gasteiger partial charge in [0.05, 0.1) is 6.10 Å². The monoisotopic (exact) mass is 129 g/mol. The molecule has 9 heavy (non-hydrogen) atoms. The second-order valence-electron chi connectivity index (χ2n) is 2.74. The van der Waals surface area contributed by atoms with Gasteiger partial charge in [-0.3, -0.25) is 0 Å². The van der Waals surface area contributed by atoms with Crippen LogP contribution in [0, 0.1) is 0 Å². The Bertz CT molecular complexity index is 85.0. The average molecular weight is 129 g/mol. The summed E-state index contributed by atoms with van der Waals surface area (Å²) in [6.07, 6.45) is 2.83. The van der Waals surface area contributed by atoms with E-state index >= 15 is 0 Å². The van der Waals surface area contributed by atoms with Gasteiger partial charge in [0, 0.05) is 13.2 Å². The number of rotatable bonds is 1. The molecule has 1 saturated heterocycles. The fourth-order valence-corrected chi connectivity index (χ4v) is 1.30. The van der Waals surface area contributed by atoms with E-state index in [0.717, 1.165) is 13.0 Å². The van der Waals surface area contributed by atoms with Crippen molar-refractivity contribution < 1.29 is 4.74 Å². The standard InChI is InChI=1S/C7H15NO/c1-6-5-7(9-2)3-4-8-6/h6-8H,3-5H2,1-2H3/t6-,7-/m1/s1. The Hall–Kier alpha value is -0.0800. The summed E-state index contributed by atoms with van der Waals surface area (Å²) in [6.45, 7) is 3.31. The molecule has 0 aromatic heterocycles. The molecule has 0 amide bonds. The highest BCUT2D eigenvalue weighted by atomic mass is 16.5. The number of ether oxygens (including phenoxy) is 1. The molecule has 1 heterocycles. The third-order valence-corrected chi connectivity index (χ3v) is 1.91. The Kier molecular flexibility index (Phi) is 2.49. The summed E-state index contributed by atoms with van der Waals surface area (Å²) < 4.78 is 5.22. The first kappa shape index (κ1) is 7.03. The fraction of sp³-hybridized carbons (Fsp3) is 1.00. The molecule has 0 unspecified atom stereocenters. The lowest BCUT2D eigenvalue weighted by molar-refractivity contribution is 0.0647. The maximum atomic E-state index is 5.22. The largest absolute Gasteiger partial charge is 0.381 e. The second-order valence-corrected chi connectivity index (χ2v) is 2.74. The third kappa shape index (κ3) is 1.95. The van der Waals surface area contributed by atoms with Gasteiger partial charge in [-0.1, -0.05) is 0 Å². The fourth-order valence-electron chi connectivity index (χ4n) is 1.30. The highest BCUT2D eigenvalue weighted by Gasteiger charge is 2.16. The van der Waals surface area contributed by atoms with Crippen molar-refractivity contribution in [1.82, 2.24) is 5.32 Å². The molecule has 1 fully saturated rings. The van der Waals surface area contributed by atoms with Crippen molar-refractivity contribution in [3.8, 4) is 0 Å². The first-order valence-corrected chi connectivity index (χ1v) is 3.59. The van der Waals surface area contributed by atoms with Crippen molar-refractivity contribution in [2.75, 3.05) is 13.7 Å². The zero-order valence-corrected chi connectivity index (χ0v) is 6.18. The van der Waals surface area contributed by atoms with Crippen LogP contribution in [0.15, 0.2) is 0 Å². The number of piperidine rings is 1. The van der Waals surface area contributed by atoms with Gasteiger partial charge in [-0.2, -0.15) is 0 Å². The minimum atomic E-state index is 0.501. The molecule has 2 nitrogen and oxygen atoms in total. The lowest BCUT2D eigenvalue weighted by Gasteiger charge is -2.26. The first-order valence-electron chi connectivity index (χ1n) is 3.59. The van der Waals surface area contributed by atoms with E-state index in [-0.39, 0.29) is 0 Å². The molecular formula is C7H15NO. The molecule has 0 spiro atoms. The topological polar surface area (TPSA) is 21.3 Å². The van der Waals surface area contributed by atoms with Crippen molar-refractivity contribution in [2.45, 2.75) is 31.9 Å². The quantitative estimate of drug-likeness (QED) is 0.564. The molecule has 0 radical (unpaired) electrons. The van der Waals surface area contributed by atoms with Crippen molar-refractivity contribution in [2.24, 2.45) is 0 Å². The summed E-state index contributed by atoms with van der Waals surface area (Å²) in [7, 11) is 1.79. The van der Waals surface area contributed by atoms with Gasteiger partial charge in [0.1, 0.15) is 0 Å². The van der Waals surface area contributed by atoms with Crippen LogP contribution in [0.1, 0.15) is 19.8 Å². The first-order chi connectivity index (χ1) is 4.33. The number of nitrogens with one attached hydrogen (secondary N) is 1. The Balaban J connectivity index is 2.23. The predicted octanol–water partition coefficient (Wildman–Crippen LogP) is 0.773. The molecule has 1 aliphatic heterocycles. The zero-order valence-electron chi connectivity index (χ0n) is 6.18. The Labute approximate surface area is 56.6 Å². The molecule has 2 heteroatoms. The summed E-state index contributed by atoms with van der Waals surface area (Å²) >= 11 is 0. The van der Waals surface area contributed by atoms with E-state index in [1.807, 2.05) is 0 Å². The molecule has 54 valence electrons. The maximum Gasteiger partial charge on any atom is 0.0598 e. The molecule has 0 saturated carbocycles. The lowest BCUT2D eigenvalue weighted by atomic mass is 10.0. The summed E-state index contributed by atoms with van der Waals surface area (Å²) in [5.74, 6) is 0. The van der Waals surface area contributed by atoms with Gasteiger partial charge in [0.15, 0.2) is 0 Å². The summed E-state index contributed by atoms with van der Waals surface area (Å²) in [5.41, 5.74) is 0. The van der Waals surface area contributed by atoms with E-state index in [9.17, 15) is 0 Å².